The Bertz CT molecular complexity index is 617. The highest BCUT2D eigenvalue weighted by atomic mass is 16.5. The van der Waals surface area contributed by atoms with E-state index in [4.69, 9.17) is 4.74 Å². The monoisotopic (exact) mass is 346 g/mol. The standard InChI is InChI=1S/C19H30N4O2/c1-21-14-19(11-16(21)13-25-12-15-3-4-15)6-9-23(10-7-19)18(24)17-5-8-20-22(17)2/h5,8,15-16H,3-4,6-7,9-14H2,1-2H3. The third-order valence-electron chi connectivity index (χ3n) is 6.39. The number of aromatic nitrogens is 2. The molecule has 1 amide bonds. The minimum atomic E-state index is 0.116. The van der Waals surface area contributed by atoms with Gasteiger partial charge in [0.05, 0.1) is 6.61 Å². The molecule has 1 aromatic heterocycles. The molecule has 6 nitrogen and oxygen atoms in total. The molecule has 4 rings (SSSR count). The van der Waals surface area contributed by atoms with E-state index in [1.54, 1.807) is 10.9 Å². The SMILES string of the molecule is CN1CC2(CCN(C(=O)c3ccnn3C)CC2)CC1COCC1CC1. The first-order chi connectivity index (χ1) is 12.1. The first kappa shape index (κ1) is 17.0. The van der Waals surface area contributed by atoms with Gasteiger partial charge in [0, 0.05) is 45.5 Å². The van der Waals surface area contributed by atoms with Crippen molar-refractivity contribution in [3.63, 3.8) is 0 Å². The van der Waals surface area contributed by atoms with E-state index in [2.05, 4.69) is 17.0 Å². The molecule has 3 heterocycles. The Labute approximate surface area is 150 Å². The van der Waals surface area contributed by atoms with E-state index in [0.717, 1.165) is 51.6 Å². The highest BCUT2D eigenvalue weighted by molar-refractivity contribution is 5.92. The third kappa shape index (κ3) is 3.60. The van der Waals surface area contributed by atoms with Gasteiger partial charge in [-0.15, -0.1) is 0 Å². The molecule has 1 unspecified atom stereocenters. The van der Waals surface area contributed by atoms with E-state index in [9.17, 15) is 4.79 Å². The zero-order chi connectivity index (χ0) is 17.4. The lowest BCUT2D eigenvalue weighted by Gasteiger charge is -2.39. The zero-order valence-electron chi connectivity index (χ0n) is 15.5. The average molecular weight is 346 g/mol. The van der Waals surface area contributed by atoms with Crippen molar-refractivity contribution in [3.8, 4) is 0 Å². The van der Waals surface area contributed by atoms with Gasteiger partial charge in [-0.2, -0.15) is 5.10 Å². The summed E-state index contributed by atoms with van der Waals surface area (Å²) in [5, 5.41) is 4.12. The topological polar surface area (TPSA) is 50.6 Å². The average Bonchev–Trinajstić information content (AvgIpc) is 3.24. The number of carbonyl (C=O) groups excluding carboxylic acids is 1. The van der Waals surface area contributed by atoms with Gasteiger partial charge in [0.15, 0.2) is 0 Å². The van der Waals surface area contributed by atoms with Crippen molar-refractivity contribution in [3.05, 3.63) is 18.0 Å². The maximum absolute atomic E-state index is 12.7. The Hall–Kier alpha value is -1.40. The molecule has 1 aliphatic carbocycles. The number of likely N-dealkylation sites (N-methyl/N-ethyl adjacent to an activating group) is 1. The summed E-state index contributed by atoms with van der Waals surface area (Å²) in [6.45, 7) is 4.66. The van der Waals surface area contributed by atoms with Crippen LogP contribution in [0.2, 0.25) is 0 Å². The fourth-order valence-corrected chi connectivity index (χ4v) is 4.51. The molecular formula is C19H30N4O2. The van der Waals surface area contributed by atoms with Gasteiger partial charge in [0.25, 0.3) is 5.91 Å². The minimum absolute atomic E-state index is 0.116. The van der Waals surface area contributed by atoms with Crippen LogP contribution in [0.1, 0.15) is 42.6 Å². The highest BCUT2D eigenvalue weighted by Crippen LogP contribution is 2.43. The van der Waals surface area contributed by atoms with Gasteiger partial charge in [0.2, 0.25) is 0 Å². The third-order valence-corrected chi connectivity index (χ3v) is 6.39. The maximum Gasteiger partial charge on any atom is 0.272 e. The van der Waals surface area contributed by atoms with Crippen molar-refractivity contribution in [1.29, 1.82) is 0 Å². The van der Waals surface area contributed by atoms with E-state index in [0.29, 0.717) is 17.2 Å². The van der Waals surface area contributed by atoms with Crippen LogP contribution in [0.3, 0.4) is 0 Å². The second-order valence-corrected chi connectivity index (χ2v) is 8.39. The second-order valence-electron chi connectivity index (χ2n) is 8.39. The van der Waals surface area contributed by atoms with Gasteiger partial charge in [-0.25, -0.2) is 0 Å². The molecule has 138 valence electrons. The number of ether oxygens (including phenoxy) is 1. The van der Waals surface area contributed by atoms with Gasteiger partial charge in [0.1, 0.15) is 5.69 Å². The van der Waals surface area contributed by atoms with Crippen LogP contribution in [0.15, 0.2) is 12.3 Å². The molecule has 2 saturated heterocycles. The van der Waals surface area contributed by atoms with Crippen molar-refractivity contribution in [2.24, 2.45) is 18.4 Å². The van der Waals surface area contributed by atoms with Gasteiger partial charge in [-0.3, -0.25) is 9.48 Å². The molecule has 1 atom stereocenters. The number of aryl methyl sites for hydroxylation is 1. The Kier molecular flexibility index (Phi) is 4.58. The lowest BCUT2D eigenvalue weighted by atomic mass is 9.76. The molecule has 6 heteroatoms. The van der Waals surface area contributed by atoms with Crippen LogP contribution in [0, 0.1) is 11.3 Å². The highest BCUT2D eigenvalue weighted by Gasteiger charge is 2.45. The number of nitrogens with zero attached hydrogens (tertiary/aromatic N) is 4. The first-order valence-electron chi connectivity index (χ1n) is 9.62. The summed E-state index contributed by atoms with van der Waals surface area (Å²) in [7, 11) is 4.06. The van der Waals surface area contributed by atoms with Crippen LogP contribution in [0.5, 0.6) is 0 Å². The molecule has 0 N–H and O–H groups in total. The van der Waals surface area contributed by atoms with Crippen LogP contribution in [0.4, 0.5) is 0 Å². The Balaban J connectivity index is 1.30. The summed E-state index contributed by atoms with van der Waals surface area (Å²) < 4.78 is 7.62. The summed E-state index contributed by atoms with van der Waals surface area (Å²) in [5.41, 5.74) is 1.05. The van der Waals surface area contributed by atoms with Crippen molar-refractivity contribution in [1.82, 2.24) is 19.6 Å². The number of piperidine rings is 1. The fraction of sp³-hybridized carbons (Fsp3) is 0.789. The molecule has 0 aromatic carbocycles. The van der Waals surface area contributed by atoms with Crippen LogP contribution < -0.4 is 0 Å². The van der Waals surface area contributed by atoms with Gasteiger partial charge < -0.3 is 14.5 Å². The second kappa shape index (κ2) is 6.72. The van der Waals surface area contributed by atoms with E-state index in [1.807, 2.05) is 18.0 Å². The lowest BCUT2D eigenvalue weighted by molar-refractivity contribution is 0.0578. The predicted molar refractivity (Wildman–Crippen MR) is 95.4 cm³/mol. The summed E-state index contributed by atoms with van der Waals surface area (Å²) >= 11 is 0. The molecule has 3 aliphatic rings. The van der Waals surface area contributed by atoms with Crippen LogP contribution in [-0.2, 0) is 11.8 Å². The lowest BCUT2D eigenvalue weighted by Crippen LogP contribution is -2.44. The predicted octanol–water partition coefficient (Wildman–Crippen LogP) is 1.77. The molecular weight excluding hydrogens is 316 g/mol. The van der Waals surface area contributed by atoms with E-state index < -0.39 is 0 Å². The van der Waals surface area contributed by atoms with Gasteiger partial charge in [-0.05, 0) is 56.6 Å². The number of likely N-dealkylation sites (tertiary alicyclic amines) is 2. The number of hydrogen-bond acceptors (Lipinski definition) is 4. The van der Waals surface area contributed by atoms with Crippen LogP contribution >= 0.6 is 0 Å². The fourth-order valence-electron chi connectivity index (χ4n) is 4.51. The van der Waals surface area contributed by atoms with Crippen molar-refractivity contribution in [2.75, 3.05) is 39.9 Å². The molecule has 0 bridgehead atoms. The van der Waals surface area contributed by atoms with Gasteiger partial charge >= 0.3 is 0 Å². The summed E-state index contributed by atoms with van der Waals surface area (Å²) in [6.07, 6.45) is 7.80. The minimum Gasteiger partial charge on any atom is -0.380 e. The molecule has 0 radical (unpaired) electrons. The normalized spacial score (nSPS) is 26.5. The van der Waals surface area contributed by atoms with E-state index >= 15 is 0 Å². The van der Waals surface area contributed by atoms with Crippen LogP contribution in [0.25, 0.3) is 0 Å². The van der Waals surface area contributed by atoms with Crippen molar-refractivity contribution in [2.45, 2.75) is 38.1 Å². The largest absolute Gasteiger partial charge is 0.380 e. The molecule has 2 aliphatic heterocycles. The smallest absolute Gasteiger partial charge is 0.272 e. The van der Waals surface area contributed by atoms with Crippen LogP contribution in [-0.4, -0.2) is 71.4 Å². The Morgan fingerprint density at radius 2 is 2.04 bits per heavy atom. The van der Waals surface area contributed by atoms with E-state index in [1.165, 1.54) is 19.3 Å². The summed E-state index contributed by atoms with van der Waals surface area (Å²) in [6, 6.07) is 2.35. The molecule has 1 aromatic rings. The number of amides is 1. The van der Waals surface area contributed by atoms with Gasteiger partial charge in [-0.1, -0.05) is 0 Å². The molecule has 25 heavy (non-hydrogen) atoms. The number of rotatable bonds is 5. The molecule has 1 saturated carbocycles. The zero-order valence-corrected chi connectivity index (χ0v) is 15.5. The quantitative estimate of drug-likeness (QED) is 0.815. The summed E-state index contributed by atoms with van der Waals surface area (Å²) in [4.78, 5) is 17.1. The maximum atomic E-state index is 12.7. The first-order valence-corrected chi connectivity index (χ1v) is 9.62. The van der Waals surface area contributed by atoms with Crippen molar-refractivity contribution >= 4 is 5.91 Å². The molecule has 3 fully saturated rings. The van der Waals surface area contributed by atoms with Crippen molar-refractivity contribution < 1.29 is 9.53 Å². The molecule has 1 spiro atoms. The Morgan fingerprint density at radius 3 is 2.68 bits per heavy atom. The summed E-state index contributed by atoms with van der Waals surface area (Å²) in [5.74, 6) is 0.951. The Morgan fingerprint density at radius 1 is 1.28 bits per heavy atom. The number of hydrogen-bond donors (Lipinski definition) is 0. The number of carbonyl (C=O) groups is 1. The van der Waals surface area contributed by atoms with E-state index in [-0.39, 0.29) is 5.91 Å².